The van der Waals surface area contributed by atoms with Gasteiger partial charge in [0, 0.05) is 18.3 Å². The third-order valence-corrected chi connectivity index (χ3v) is 2.70. The van der Waals surface area contributed by atoms with E-state index in [1.54, 1.807) is 0 Å². The summed E-state index contributed by atoms with van der Waals surface area (Å²) >= 11 is 0. The van der Waals surface area contributed by atoms with Gasteiger partial charge in [-0.3, -0.25) is 0 Å². The number of anilines is 1. The van der Waals surface area contributed by atoms with Crippen LogP contribution in [0.5, 0.6) is 0 Å². The molecular formula is C11H16BNO. The van der Waals surface area contributed by atoms with Gasteiger partial charge in [-0.1, -0.05) is 17.6 Å². The Morgan fingerprint density at radius 2 is 2.36 bits per heavy atom. The Kier molecular flexibility index (Phi) is 2.78. The van der Waals surface area contributed by atoms with E-state index in [0.717, 1.165) is 19.8 Å². The molecule has 74 valence electrons. The topological polar surface area (TPSA) is 12.5 Å². The molecule has 0 N–H and O–H groups in total. The lowest BCUT2D eigenvalue weighted by atomic mass is 9.95. The number of ether oxygens (including phenoxy) is 1. The first-order valence-electron chi connectivity index (χ1n) is 5.18. The maximum atomic E-state index is 5.42. The van der Waals surface area contributed by atoms with Crippen LogP contribution < -0.4 is 10.4 Å². The van der Waals surface area contributed by atoms with Crippen molar-refractivity contribution in [3.63, 3.8) is 0 Å². The molecule has 1 heterocycles. The molecule has 0 spiro atoms. The van der Waals surface area contributed by atoms with Crippen LogP contribution >= 0.6 is 0 Å². The van der Waals surface area contributed by atoms with Crippen LogP contribution in [-0.2, 0) is 4.74 Å². The molecule has 2 nitrogen and oxygen atoms in total. The smallest absolute Gasteiger partial charge is 0.139 e. The van der Waals surface area contributed by atoms with Gasteiger partial charge in [-0.15, -0.1) is 0 Å². The molecule has 1 aromatic rings. The van der Waals surface area contributed by atoms with Crippen molar-refractivity contribution in [3.8, 4) is 0 Å². The zero-order chi connectivity index (χ0) is 9.97. The number of morpholine rings is 1. The van der Waals surface area contributed by atoms with Crippen molar-refractivity contribution >= 4 is 19.0 Å². The molecule has 1 aliphatic heterocycles. The van der Waals surface area contributed by atoms with Gasteiger partial charge >= 0.3 is 0 Å². The lowest BCUT2D eigenvalue weighted by Gasteiger charge is -2.35. The van der Waals surface area contributed by atoms with E-state index in [0.29, 0.717) is 6.04 Å². The minimum absolute atomic E-state index is 0.491. The Morgan fingerprint density at radius 1 is 1.50 bits per heavy atom. The van der Waals surface area contributed by atoms with Crippen molar-refractivity contribution in [2.45, 2.75) is 13.0 Å². The molecule has 2 rings (SSSR count). The lowest BCUT2D eigenvalue weighted by Crippen LogP contribution is -2.43. The van der Waals surface area contributed by atoms with Gasteiger partial charge in [-0.2, -0.15) is 0 Å². The first-order chi connectivity index (χ1) is 6.77. The Labute approximate surface area is 86.3 Å². The lowest BCUT2D eigenvalue weighted by molar-refractivity contribution is 0.0989. The molecule has 0 aromatic heterocycles. The van der Waals surface area contributed by atoms with Crippen molar-refractivity contribution in [1.29, 1.82) is 0 Å². The molecular weight excluding hydrogens is 173 g/mol. The molecule has 1 fully saturated rings. The van der Waals surface area contributed by atoms with Gasteiger partial charge in [0.1, 0.15) is 7.85 Å². The first-order valence-corrected chi connectivity index (χ1v) is 5.18. The Morgan fingerprint density at radius 3 is 3.07 bits per heavy atom. The minimum Gasteiger partial charge on any atom is -0.377 e. The van der Waals surface area contributed by atoms with Crippen LogP contribution in [-0.4, -0.2) is 33.6 Å². The highest BCUT2D eigenvalue weighted by Crippen LogP contribution is 2.17. The number of hydrogen-bond acceptors (Lipinski definition) is 2. The molecule has 1 atom stereocenters. The van der Waals surface area contributed by atoms with Gasteiger partial charge in [-0.05, 0) is 19.1 Å². The van der Waals surface area contributed by atoms with E-state index in [1.807, 2.05) is 0 Å². The van der Waals surface area contributed by atoms with Crippen molar-refractivity contribution in [2.75, 3.05) is 24.7 Å². The molecule has 0 bridgehead atoms. The normalized spacial score (nSPS) is 22.4. The molecule has 1 aliphatic rings. The van der Waals surface area contributed by atoms with Gasteiger partial charge < -0.3 is 9.64 Å². The number of rotatable bonds is 1. The third kappa shape index (κ3) is 1.93. The predicted octanol–water partition coefficient (Wildman–Crippen LogP) is 0.170. The molecule has 14 heavy (non-hydrogen) atoms. The molecule has 0 aliphatic carbocycles. The SMILES string of the molecule is Bc1cccc(N2CCOC[C@H]2C)c1. The van der Waals surface area contributed by atoms with Crippen LogP contribution in [0.15, 0.2) is 24.3 Å². The van der Waals surface area contributed by atoms with Crippen LogP contribution in [0.1, 0.15) is 6.92 Å². The van der Waals surface area contributed by atoms with E-state index >= 15 is 0 Å². The quantitative estimate of drug-likeness (QED) is 0.584. The van der Waals surface area contributed by atoms with Gasteiger partial charge in [0.2, 0.25) is 0 Å². The average Bonchev–Trinajstić information content (AvgIpc) is 2.18. The van der Waals surface area contributed by atoms with E-state index < -0.39 is 0 Å². The Hall–Kier alpha value is -0.955. The summed E-state index contributed by atoms with van der Waals surface area (Å²) in [5, 5.41) is 0. The summed E-state index contributed by atoms with van der Waals surface area (Å²) in [6.07, 6.45) is 0. The summed E-state index contributed by atoms with van der Waals surface area (Å²) in [6.45, 7) is 4.90. The summed E-state index contributed by atoms with van der Waals surface area (Å²) in [5.41, 5.74) is 2.64. The van der Waals surface area contributed by atoms with Crippen molar-refractivity contribution in [2.24, 2.45) is 0 Å². The van der Waals surface area contributed by atoms with E-state index in [4.69, 9.17) is 4.74 Å². The Balaban J connectivity index is 2.20. The maximum Gasteiger partial charge on any atom is 0.139 e. The van der Waals surface area contributed by atoms with E-state index in [-0.39, 0.29) is 0 Å². The van der Waals surface area contributed by atoms with Crippen molar-refractivity contribution in [1.82, 2.24) is 0 Å². The second-order valence-corrected chi connectivity index (χ2v) is 3.96. The molecule has 0 amide bonds. The molecule has 0 saturated carbocycles. The van der Waals surface area contributed by atoms with Crippen LogP contribution in [0.2, 0.25) is 0 Å². The zero-order valence-electron chi connectivity index (χ0n) is 8.86. The zero-order valence-corrected chi connectivity index (χ0v) is 8.86. The predicted molar refractivity (Wildman–Crippen MR) is 62.2 cm³/mol. The molecule has 0 unspecified atom stereocenters. The fraction of sp³-hybridized carbons (Fsp3) is 0.455. The summed E-state index contributed by atoms with van der Waals surface area (Å²) < 4.78 is 5.42. The molecule has 1 saturated heterocycles. The highest BCUT2D eigenvalue weighted by molar-refractivity contribution is 6.32. The van der Waals surface area contributed by atoms with Gasteiger partial charge in [-0.25, -0.2) is 0 Å². The average molecular weight is 189 g/mol. The second-order valence-electron chi connectivity index (χ2n) is 3.96. The van der Waals surface area contributed by atoms with Crippen LogP contribution in [0.25, 0.3) is 0 Å². The molecule has 3 heteroatoms. The van der Waals surface area contributed by atoms with Crippen molar-refractivity contribution < 1.29 is 4.74 Å². The molecule has 1 aromatic carbocycles. The minimum atomic E-state index is 0.491. The Bertz CT molecular complexity index is 316. The fourth-order valence-corrected chi connectivity index (χ4v) is 1.92. The third-order valence-electron chi connectivity index (χ3n) is 2.70. The standard InChI is InChI=1S/C11H16BNO/c1-9-8-14-6-5-13(9)11-4-2-3-10(12)7-11/h2-4,7,9H,5-6,8,12H2,1H3/t9-/m1/s1. The fourth-order valence-electron chi connectivity index (χ4n) is 1.92. The molecule has 0 radical (unpaired) electrons. The number of benzene rings is 1. The van der Waals surface area contributed by atoms with E-state index in [1.165, 1.54) is 11.2 Å². The van der Waals surface area contributed by atoms with E-state index in [2.05, 4.69) is 43.9 Å². The monoisotopic (exact) mass is 189 g/mol. The summed E-state index contributed by atoms with van der Waals surface area (Å²) in [4.78, 5) is 2.41. The van der Waals surface area contributed by atoms with E-state index in [9.17, 15) is 0 Å². The summed E-state index contributed by atoms with van der Waals surface area (Å²) in [7, 11) is 2.13. The van der Waals surface area contributed by atoms with Gasteiger partial charge in [0.05, 0.1) is 13.2 Å². The second kappa shape index (κ2) is 4.05. The number of hydrogen-bond donors (Lipinski definition) is 0. The largest absolute Gasteiger partial charge is 0.377 e. The van der Waals surface area contributed by atoms with Crippen molar-refractivity contribution in [3.05, 3.63) is 24.3 Å². The summed E-state index contributed by atoms with van der Waals surface area (Å²) in [6, 6.07) is 9.16. The highest BCUT2D eigenvalue weighted by atomic mass is 16.5. The first kappa shape index (κ1) is 9.59. The van der Waals surface area contributed by atoms with Crippen LogP contribution in [0.4, 0.5) is 5.69 Å². The van der Waals surface area contributed by atoms with Gasteiger partial charge in [0.15, 0.2) is 0 Å². The van der Waals surface area contributed by atoms with Gasteiger partial charge in [0.25, 0.3) is 0 Å². The maximum absolute atomic E-state index is 5.42. The van der Waals surface area contributed by atoms with Crippen LogP contribution in [0.3, 0.4) is 0 Å². The summed E-state index contributed by atoms with van der Waals surface area (Å²) in [5.74, 6) is 0. The number of nitrogens with zero attached hydrogens (tertiary/aromatic N) is 1. The highest BCUT2D eigenvalue weighted by Gasteiger charge is 2.18. The van der Waals surface area contributed by atoms with Crippen LogP contribution in [0, 0.1) is 0 Å².